The molecule has 0 bridgehead atoms. The molecule has 1 aromatic rings. The maximum atomic E-state index is 12.8. The van der Waals surface area contributed by atoms with Crippen molar-refractivity contribution in [2.24, 2.45) is 5.92 Å². The summed E-state index contributed by atoms with van der Waals surface area (Å²) < 4.78 is 12.8. The molecule has 0 N–H and O–H groups in total. The summed E-state index contributed by atoms with van der Waals surface area (Å²) in [5, 5.41) is 0. The van der Waals surface area contributed by atoms with Crippen LogP contribution in [-0.2, 0) is 0 Å². The van der Waals surface area contributed by atoms with E-state index in [1.165, 1.54) is 31.2 Å². The topological polar surface area (TPSA) is 0 Å². The molecule has 0 atom stereocenters. The van der Waals surface area contributed by atoms with Crippen molar-refractivity contribution in [1.82, 2.24) is 0 Å². The number of halogens is 1. The first-order valence-electron chi connectivity index (χ1n) is 6.16. The maximum Gasteiger partial charge on any atom is 0.123 e. The fourth-order valence-electron chi connectivity index (χ4n) is 2.70. The number of benzene rings is 1. The average Bonchev–Trinajstić information content (AvgIpc) is 2.32. The molecule has 0 amide bonds. The van der Waals surface area contributed by atoms with E-state index in [2.05, 4.69) is 6.58 Å². The fraction of sp³-hybridized carbons (Fsp3) is 0.467. The molecule has 1 aliphatic carbocycles. The minimum absolute atomic E-state index is 0.135. The Morgan fingerprint density at radius 2 is 1.75 bits per heavy atom. The van der Waals surface area contributed by atoms with Gasteiger partial charge in [-0.2, -0.15) is 0 Å². The summed E-state index contributed by atoms with van der Waals surface area (Å²) in [6.45, 7) is 3.80. The molecule has 0 spiro atoms. The molecule has 0 unspecified atom stereocenters. The lowest BCUT2D eigenvalue weighted by Crippen LogP contribution is -2.12. The van der Waals surface area contributed by atoms with Crippen LogP contribution in [-0.4, -0.2) is 0 Å². The first-order chi connectivity index (χ1) is 7.79. The van der Waals surface area contributed by atoms with E-state index in [-0.39, 0.29) is 5.82 Å². The first-order valence-corrected chi connectivity index (χ1v) is 6.16. The molecule has 0 aliphatic heterocycles. The Labute approximate surface area is 97.2 Å². The standard InChI is InChI=1S/C15H19F/c1-2-3-12-4-6-13(7-5-12)14-8-10-15(16)11-9-14/h2,8-13H,1,3-7H2. The van der Waals surface area contributed by atoms with E-state index >= 15 is 0 Å². The first kappa shape index (κ1) is 11.4. The van der Waals surface area contributed by atoms with Gasteiger partial charge in [0.15, 0.2) is 0 Å². The highest BCUT2D eigenvalue weighted by atomic mass is 19.1. The quantitative estimate of drug-likeness (QED) is 0.646. The zero-order chi connectivity index (χ0) is 11.4. The van der Waals surface area contributed by atoms with Crippen molar-refractivity contribution in [3.8, 4) is 0 Å². The molecular weight excluding hydrogens is 199 g/mol. The van der Waals surface area contributed by atoms with E-state index in [1.807, 2.05) is 18.2 Å². The zero-order valence-corrected chi connectivity index (χ0v) is 9.66. The average molecular weight is 218 g/mol. The molecule has 0 saturated heterocycles. The van der Waals surface area contributed by atoms with Gasteiger partial charge in [0.05, 0.1) is 0 Å². The van der Waals surface area contributed by atoms with Gasteiger partial charge in [-0.05, 0) is 61.6 Å². The largest absolute Gasteiger partial charge is 0.207 e. The molecule has 1 aromatic carbocycles. The van der Waals surface area contributed by atoms with Crippen LogP contribution in [0.25, 0.3) is 0 Å². The highest BCUT2D eigenvalue weighted by Gasteiger charge is 2.21. The van der Waals surface area contributed by atoms with Crippen LogP contribution in [0.15, 0.2) is 36.9 Å². The summed E-state index contributed by atoms with van der Waals surface area (Å²) in [5.74, 6) is 1.33. The molecule has 1 heteroatoms. The van der Waals surface area contributed by atoms with E-state index in [9.17, 15) is 4.39 Å². The summed E-state index contributed by atoms with van der Waals surface area (Å²) >= 11 is 0. The molecule has 0 aromatic heterocycles. The predicted octanol–water partition coefficient (Wildman–Crippen LogP) is 4.68. The fourth-order valence-corrected chi connectivity index (χ4v) is 2.70. The summed E-state index contributed by atoms with van der Waals surface area (Å²) in [5.41, 5.74) is 1.30. The molecule has 0 nitrogen and oxygen atoms in total. The minimum Gasteiger partial charge on any atom is -0.207 e. The van der Waals surface area contributed by atoms with Crippen molar-refractivity contribution in [3.63, 3.8) is 0 Å². The molecule has 2 rings (SSSR count). The van der Waals surface area contributed by atoms with Crippen molar-refractivity contribution in [1.29, 1.82) is 0 Å². The summed E-state index contributed by atoms with van der Waals surface area (Å²) in [6.07, 6.45) is 8.23. The number of rotatable bonds is 3. The van der Waals surface area contributed by atoms with Crippen LogP contribution < -0.4 is 0 Å². The van der Waals surface area contributed by atoms with Crippen molar-refractivity contribution in [3.05, 3.63) is 48.3 Å². The van der Waals surface area contributed by atoms with Gasteiger partial charge < -0.3 is 0 Å². The zero-order valence-electron chi connectivity index (χ0n) is 9.66. The lowest BCUT2D eigenvalue weighted by Gasteiger charge is -2.28. The summed E-state index contributed by atoms with van der Waals surface area (Å²) in [6, 6.07) is 7.03. The van der Waals surface area contributed by atoms with E-state index in [0.717, 1.165) is 12.3 Å². The number of hydrogen-bond donors (Lipinski definition) is 0. The van der Waals surface area contributed by atoms with E-state index < -0.39 is 0 Å². The van der Waals surface area contributed by atoms with Crippen LogP contribution >= 0.6 is 0 Å². The number of hydrogen-bond acceptors (Lipinski definition) is 0. The third kappa shape index (κ3) is 2.72. The Morgan fingerprint density at radius 1 is 1.12 bits per heavy atom. The second-order valence-corrected chi connectivity index (χ2v) is 4.79. The Hall–Kier alpha value is -1.11. The molecule has 86 valence electrons. The van der Waals surface area contributed by atoms with E-state index in [4.69, 9.17) is 0 Å². The Morgan fingerprint density at radius 3 is 2.31 bits per heavy atom. The predicted molar refractivity (Wildman–Crippen MR) is 65.9 cm³/mol. The molecule has 1 fully saturated rings. The van der Waals surface area contributed by atoms with Crippen molar-refractivity contribution in [2.45, 2.75) is 38.0 Å². The smallest absolute Gasteiger partial charge is 0.123 e. The highest BCUT2D eigenvalue weighted by Crippen LogP contribution is 2.36. The molecule has 1 saturated carbocycles. The summed E-state index contributed by atoms with van der Waals surface area (Å²) in [4.78, 5) is 0. The van der Waals surface area contributed by atoms with Gasteiger partial charge >= 0.3 is 0 Å². The Balaban J connectivity index is 1.93. The SMILES string of the molecule is C=CCC1CCC(c2ccc(F)cc2)CC1. The third-order valence-corrected chi connectivity index (χ3v) is 3.69. The van der Waals surface area contributed by atoms with Crippen LogP contribution in [0.1, 0.15) is 43.6 Å². The van der Waals surface area contributed by atoms with Crippen LogP contribution in [0.3, 0.4) is 0 Å². The normalized spacial score (nSPS) is 25.3. The third-order valence-electron chi connectivity index (χ3n) is 3.69. The Kier molecular flexibility index (Phi) is 3.76. The van der Waals surface area contributed by atoms with Crippen LogP contribution in [0, 0.1) is 11.7 Å². The van der Waals surface area contributed by atoms with Gasteiger partial charge in [-0.1, -0.05) is 18.2 Å². The van der Waals surface area contributed by atoms with Crippen molar-refractivity contribution >= 4 is 0 Å². The maximum absolute atomic E-state index is 12.8. The van der Waals surface area contributed by atoms with Crippen molar-refractivity contribution in [2.75, 3.05) is 0 Å². The molecule has 0 heterocycles. The molecule has 1 aliphatic rings. The lowest BCUT2D eigenvalue weighted by molar-refractivity contribution is 0.328. The van der Waals surface area contributed by atoms with Crippen LogP contribution in [0.4, 0.5) is 4.39 Å². The molecule has 0 radical (unpaired) electrons. The van der Waals surface area contributed by atoms with Crippen LogP contribution in [0.5, 0.6) is 0 Å². The van der Waals surface area contributed by atoms with Gasteiger partial charge in [-0.15, -0.1) is 6.58 Å². The van der Waals surface area contributed by atoms with E-state index in [0.29, 0.717) is 5.92 Å². The second-order valence-electron chi connectivity index (χ2n) is 4.79. The van der Waals surface area contributed by atoms with Gasteiger partial charge in [0.2, 0.25) is 0 Å². The second kappa shape index (κ2) is 5.29. The molecule has 16 heavy (non-hydrogen) atoms. The molecular formula is C15H19F. The lowest BCUT2D eigenvalue weighted by atomic mass is 9.77. The Bertz CT molecular complexity index is 331. The van der Waals surface area contributed by atoms with Gasteiger partial charge in [-0.25, -0.2) is 4.39 Å². The highest BCUT2D eigenvalue weighted by molar-refractivity contribution is 5.20. The van der Waals surface area contributed by atoms with Crippen molar-refractivity contribution < 1.29 is 4.39 Å². The minimum atomic E-state index is -0.135. The number of allylic oxidation sites excluding steroid dienone is 1. The van der Waals surface area contributed by atoms with Gasteiger partial charge in [0.1, 0.15) is 5.82 Å². The van der Waals surface area contributed by atoms with Crippen LogP contribution in [0.2, 0.25) is 0 Å². The monoisotopic (exact) mass is 218 g/mol. The summed E-state index contributed by atoms with van der Waals surface area (Å²) in [7, 11) is 0. The van der Waals surface area contributed by atoms with Gasteiger partial charge in [0.25, 0.3) is 0 Å². The van der Waals surface area contributed by atoms with E-state index in [1.54, 1.807) is 12.1 Å². The van der Waals surface area contributed by atoms with Gasteiger partial charge in [0, 0.05) is 0 Å². The van der Waals surface area contributed by atoms with Gasteiger partial charge in [-0.3, -0.25) is 0 Å².